The standard InChI is InChI=1S/C59H109NO5/c1-4-7-10-13-16-19-22-25-28-29-30-31-34-37-40-43-46-49-52-59(64)65-55(50-47-44-41-38-35-32-26-23-20-17-14-11-8-5-2)53-58(63)60-56(54-61)57(62)51-48-45-42-39-36-33-27-24-21-18-15-12-9-6-3/h16,19,22,25,28-31,55-57,61-62H,4-15,17-18,20-21,23-24,26-27,32-54H2,1-3H3,(H,60,63)/b19-16+,25-22+,29-28+,31-30+. The van der Waals surface area contributed by atoms with Crippen molar-refractivity contribution in [3.05, 3.63) is 48.6 Å². The molecule has 0 radical (unpaired) electrons. The SMILES string of the molecule is CCCCC/C=C/C=C/C=C/C=C/CCCCCCCC(=O)OC(CCCCCCCCCCCCCCCC)CC(=O)NC(CO)C(O)CCCCCCCCCCCCCCCC. The van der Waals surface area contributed by atoms with Gasteiger partial charge in [0.15, 0.2) is 0 Å². The van der Waals surface area contributed by atoms with Crippen LogP contribution in [0.1, 0.15) is 290 Å². The Morgan fingerprint density at radius 3 is 1.22 bits per heavy atom. The van der Waals surface area contributed by atoms with E-state index in [1.54, 1.807) is 0 Å². The number of esters is 1. The number of hydrogen-bond donors (Lipinski definition) is 3. The molecule has 0 spiro atoms. The van der Waals surface area contributed by atoms with Crippen LogP contribution in [0, 0.1) is 0 Å². The molecule has 0 bridgehead atoms. The van der Waals surface area contributed by atoms with E-state index in [-0.39, 0.29) is 24.9 Å². The van der Waals surface area contributed by atoms with Crippen molar-refractivity contribution in [2.75, 3.05) is 6.61 Å². The molecule has 0 aromatic carbocycles. The monoisotopic (exact) mass is 912 g/mol. The second kappa shape index (κ2) is 52.8. The first-order valence-corrected chi connectivity index (χ1v) is 28.4. The Morgan fingerprint density at radius 2 is 0.785 bits per heavy atom. The highest BCUT2D eigenvalue weighted by Gasteiger charge is 2.24. The highest BCUT2D eigenvalue weighted by atomic mass is 16.5. The molecular weight excluding hydrogens is 803 g/mol. The van der Waals surface area contributed by atoms with Gasteiger partial charge in [0.2, 0.25) is 5.91 Å². The number of allylic oxidation sites excluding steroid dienone is 8. The molecule has 0 saturated carbocycles. The lowest BCUT2D eigenvalue weighted by atomic mass is 10.0. The third-order valence-electron chi connectivity index (χ3n) is 13.0. The van der Waals surface area contributed by atoms with Gasteiger partial charge in [0.25, 0.3) is 0 Å². The molecule has 0 saturated heterocycles. The maximum Gasteiger partial charge on any atom is 0.306 e. The Labute approximate surface area is 404 Å². The second-order valence-electron chi connectivity index (χ2n) is 19.4. The topological polar surface area (TPSA) is 95.9 Å². The lowest BCUT2D eigenvalue weighted by Gasteiger charge is -2.24. The minimum absolute atomic E-state index is 0.0709. The minimum atomic E-state index is -0.791. The molecule has 3 atom stereocenters. The average Bonchev–Trinajstić information content (AvgIpc) is 3.30. The zero-order valence-corrected chi connectivity index (χ0v) is 43.4. The van der Waals surface area contributed by atoms with E-state index in [1.807, 2.05) is 0 Å². The Hall–Kier alpha value is -2.18. The molecule has 0 aromatic heterocycles. The summed E-state index contributed by atoms with van der Waals surface area (Å²) in [4.78, 5) is 26.2. The van der Waals surface area contributed by atoms with Gasteiger partial charge in [-0.1, -0.05) is 275 Å². The van der Waals surface area contributed by atoms with Crippen LogP contribution in [0.25, 0.3) is 0 Å². The van der Waals surface area contributed by atoms with E-state index in [0.29, 0.717) is 19.3 Å². The fourth-order valence-corrected chi connectivity index (χ4v) is 8.68. The molecule has 0 heterocycles. The number of aliphatic hydroxyl groups is 2. The van der Waals surface area contributed by atoms with Gasteiger partial charge in [-0.3, -0.25) is 9.59 Å². The summed E-state index contributed by atoms with van der Waals surface area (Å²) in [6.45, 7) is 6.47. The van der Waals surface area contributed by atoms with Gasteiger partial charge in [-0.2, -0.15) is 0 Å². The summed E-state index contributed by atoms with van der Waals surface area (Å²) in [6, 6.07) is -0.705. The summed E-state index contributed by atoms with van der Waals surface area (Å²) in [5.41, 5.74) is 0. The third-order valence-corrected chi connectivity index (χ3v) is 13.0. The van der Waals surface area contributed by atoms with E-state index in [9.17, 15) is 19.8 Å². The van der Waals surface area contributed by atoms with Gasteiger partial charge in [-0.25, -0.2) is 0 Å². The Kier molecular flexibility index (Phi) is 51.0. The minimum Gasteiger partial charge on any atom is -0.462 e. The maximum absolute atomic E-state index is 13.3. The van der Waals surface area contributed by atoms with Crippen molar-refractivity contribution in [3.63, 3.8) is 0 Å². The van der Waals surface area contributed by atoms with Gasteiger partial charge >= 0.3 is 5.97 Å². The summed E-state index contributed by atoms with van der Waals surface area (Å²) >= 11 is 0. The first-order chi connectivity index (χ1) is 32.0. The average molecular weight is 913 g/mol. The number of ether oxygens (including phenoxy) is 1. The number of unbranched alkanes of at least 4 members (excludes halogenated alkanes) is 34. The lowest BCUT2D eigenvalue weighted by molar-refractivity contribution is -0.151. The van der Waals surface area contributed by atoms with Gasteiger partial charge in [-0.05, 0) is 51.4 Å². The molecular formula is C59H109NO5. The van der Waals surface area contributed by atoms with Crippen molar-refractivity contribution in [2.45, 2.75) is 309 Å². The quantitative estimate of drug-likeness (QED) is 0.0321. The Balaban J connectivity index is 4.58. The molecule has 380 valence electrons. The summed E-state index contributed by atoms with van der Waals surface area (Å²) < 4.78 is 5.95. The molecule has 0 fully saturated rings. The van der Waals surface area contributed by atoms with Crippen molar-refractivity contribution < 1.29 is 24.5 Å². The van der Waals surface area contributed by atoms with Crippen LogP contribution >= 0.6 is 0 Å². The second-order valence-corrected chi connectivity index (χ2v) is 19.4. The van der Waals surface area contributed by atoms with Crippen molar-refractivity contribution in [2.24, 2.45) is 0 Å². The molecule has 0 aliphatic rings. The van der Waals surface area contributed by atoms with E-state index in [0.717, 1.165) is 77.0 Å². The summed E-state index contributed by atoms with van der Waals surface area (Å²) in [5.74, 6) is -0.487. The van der Waals surface area contributed by atoms with Crippen LogP contribution in [0.4, 0.5) is 0 Å². The maximum atomic E-state index is 13.3. The van der Waals surface area contributed by atoms with Gasteiger partial charge < -0.3 is 20.3 Å². The summed E-state index contributed by atoms with van der Waals surface area (Å²) in [5, 5.41) is 23.9. The zero-order chi connectivity index (χ0) is 47.4. The molecule has 1 amide bonds. The molecule has 65 heavy (non-hydrogen) atoms. The van der Waals surface area contributed by atoms with Crippen LogP contribution in [0.3, 0.4) is 0 Å². The van der Waals surface area contributed by atoms with Crippen LogP contribution in [0.15, 0.2) is 48.6 Å². The molecule has 0 aromatic rings. The van der Waals surface area contributed by atoms with Gasteiger partial charge in [0.05, 0.1) is 25.2 Å². The van der Waals surface area contributed by atoms with Crippen LogP contribution in [0.5, 0.6) is 0 Å². The predicted octanol–water partition coefficient (Wildman–Crippen LogP) is 17.4. The highest BCUT2D eigenvalue weighted by molar-refractivity contribution is 5.77. The van der Waals surface area contributed by atoms with Crippen molar-refractivity contribution in [1.82, 2.24) is 5.32 Å². The van der Waals surface area contributed by atoms with Gasteiger partial charge in [0.1, 0.15) is 6.10 Å². The lowest BCUT2D eigenvalue weighted by Crippen LogP contribution is -2.46. The number of carbonyl (C=O) groups excluding carboxylic acids is 2. The molecule has 6 nitrogen and oxygen atoms in total. The number of nitrogens with one attached hydrogen (secondary N) is 1. The zero-order valence-electron chi connectivity index (χ0n) is 43.4. The number of carbonyl (C=O) groups is 2. The van der Waals surface area contributed by atoms with Crippen LogP contribution < -0.4 is 5.32 Å². The van der Waals surface area contributed by atoms with Crippen LogP contribution in [-0.2, 0) is 14.3 Å². The Morgan fingerprint density at radius 1 is 0.446 bits per heavy atom. The van der Waals surface area contributed by atoms with E-state index in [2.05, 4.69) is 74.7 Å². The number of hydrogen-bond acceptors (Lipinski definition) is 5. The highest BCUT2D eigenvalue weighted by Crippen LogP contribution is 2.19. The molecule has 0 rings (SSSR count). The first kappa shape index (κ1) is 62.8. The van der Waals surface area contributed by atoms with E-state index >= 15 is 0 Å². The van der Waals surface area contributed by atoms with Crippen LogP contribution in [-0.4, -0.2) is 46.9 Å². The molecule has 0 aliphatic heterocycles. The van der Waals surface area contributed by atoms with Gasteiger partial charge in [-0.15, -0.1) is 0 Å². The van der Waals surface area contributed by atoms with E-state index in [1.165, 1.54) is 167 Å². The third kappa shape index (κ3) is 48.1. The summed E-state index contributed by atoms with van der Waals surface area (Å²) in [7, 11) is 0. The molecule has 6 heteroatoms. The smallest absolute Gasteiger partial charge is 0.306 e. The fraction of sp³-hybridized carbons (Fsp3) is 0.831. The largest absolute Gasteiger partial charge is 0.462 e. The Bertz CT molecular complexity index is 1110. The molecule has 3 unspecified atom stereocenters. The van der Waals surface area contributed by atoms with Crippen molar-refractivity contribution >= 4 is 11.9 Å². The van der Waals surface area contributed by atoms with E-state index in [4.69, 9.17) is 4.74 Å². The fourth-order valence-electron chi connectivity index (χ4n) is 8.68. The normalized spacial score (nSPS) is 13.5. The predicted molar refractivity (Wildman–Crippen MR) is 282 cm³/mol. The van der Waals surface area contributed by atoms with E-state index < -0.39 is 18.2 Å². The van der Waals surface area contributed by atoms with Crippen LogP contribution in [0.2, 0.25) is 0 Å². The number of amides is 1. The molecule has 3 N–H and O–H groups in total. The number of rotatable bonds is 51. The molecule has 0 aliphatic carbocycles. The first-order valence-electron chi connectivity index (χ1n) is 28.4. The van der Waals surface area contributed by atoms with Crippen molar-refractivity contribution in [3.8, 4) is 0 Å². The van der Waals surface area contributed by atoms with Gasteiger partial charge in [0, 0.05) is 6.42 Å². The number of aliphatic hydroxyl groups excluding tert-OH is 2. The summed E-state index contributed by atoms with van der Waals surface area (Å²) in [6.07, 6.45) is 64.5. The van der Waals surface area contributed by atoms with Crippen molar-refractivity contribution in [1.29, 1.82) is 0 Å².